The van der Waals surface area contributed by atoms with Crippen LogP contribution in [0, 0.1) is 5.92 Å². The molecule has 2 atom stereocenters. The Kier molecular flexibility index (Phi) is 5.18. The molecule has 0 amide bonds. The minimum absolute atomic E-state index is 0.127. The average molecular weight is 287 g/mol. The van der Waals surface area contributed by atoms with E-state index in [0.717, 1.165) is 31.5 Å². The second-order valence-corrected chi connectivity index (χ2v) is 5.82. The van der Waals surface area contributed by atoms with Gasteiger partial charge in [-0.1, -0.05) is 43.3 Å². The third-order valence-electron chi connectivity index (χ3n) is 4.35. The maximum atomic E-state index is 12.0. The fourth-order valence-electron chi connectivity index (χ4n) is 3.21. The Morgan fingerprint density at radius 1 is 1.48 bits per heavy atom. The largest absolute Gasteiger partial charge is 0.454 e. The van der Waals surface area contributed by atoms with Crippen molar-refractivity contribution in [2.45, 2.75) is 31.8 Å². The van der Waals surface area contributed by atoms with Gasteiger partial charge in [0.15, 0.2) is 0 Å². The molecule has 1 aromatic rings. The Morgan fingerprint density at radius 3 is 2.81 bits per heavy atom. The van der Waals surface area contributed by atoms with E-state index in [1.54, 1.807) is 0 Å². The lowest BCUT2D eigenvalue weighted by Gasteiger charge is -2.46. The second kappa shape index (κ2) is 6.90. The molecule has 1 heterocycles. The molecule has 0 radical (unpaired) electrons. The van der Waals surface area contributed by atoms with E-state index in [0.29, 0.717) is 6.42 Å². The van der Waals surface area contributed by atoms with E-state index >= 15 is 0 Å². The summed E-state index contributed by atoms with van der Waals surface area (Å²) in [7, 11) is 2.12. The summed E-state index contributed by atoms with van der Waals surface area (Å²) in [5.74, 6) is 0.115. The molecular weight excluding hydrogens is 262 g/mol. The highest BCUT2D eigenvalue weighted by Crippen LogP contribution is 2.42. The summed E-state index contributed by atoms with van der Waals surface area (Å²) in [5, 5.41) is 0. The number of ether oxygens (including phenoxy) is 1. The SMILES string of the molecule is C=CC[C@@H]1CN(C)CC[C@@]1(OC(=O)CC)c1ccccc1. The molecule has 1 aromatic carbocycles. The Labute approximate surface area is 127 Å². The number of piperidine rings is 1. The van der Waals surface area contributed by atoms with E-state index in [1.807, 2.05) is 31.2 Å². The molecule has 114 valence electrons. The molecule has 0 unspecified atom stereocenters. The number of carbonyl (C=O) groups excluding carboxylic acids is 1. The Balaban J connectivity index is 2.42. The standard InChI is InChI=1S/C18H25NO2/c1-4-9-16-14-19(3)13-12-18(16,21-17(20)5-2)15-10-7-6-8-11-15/h4,6-8,10-11,16H,1,5,9,12-14H2,2-3H3/t16-,18-/m1/s1. The van der Waals surface area contributed by atoms with Gasteiger partial charge in [0.25, 0.3) is 0 Å². The zero-order chi connectivity index (χ0) is 15.3. The highest BCUT2D eigenvalue weighted by Gasteiger charge is 2.46. The molecule has 2 rings (SSSR count). The van der Waals surface area contributed by atoms with Crippen LogP contribution < -0.4 is 0 Å². The molecule has 0 aromatic heterocycles. The summed E-state index contributed by atoms with van der Waals surface area (Å²) in [5.41, 5.74) is 0.585. The van der Waals surface area contributed by atoms with Crippen LogP contribution in [0.4, 0.5) is 0 Å². The molecule has 1 fully saturated rings. The number of benzene rings is 1. The second-order valence-electron chi connectivity index (χ2n) is 5.82. The maximum absolute atomic E-state index is 12.0. The van der Waals surface area contributed by atoms with E-state index in [9.17, 15) is 4.79 Å². The summed E-state index contributed by atoms with van der Waals surface area (Å²) >= 11 is 0. The predicted octanol–water partition coefficient (Wildman–Crippen LogP) is 3.36. The maximum Gasteiger partial charge on any atom is 0.306 e. The lowest BCUT2D eigenvalue weighted by Crippen LogP contribution is -2.51. The summed E-state index contributed by atoms with van der Waals surface area (Å²) in [6, 6.07) is 10.2. The number of carbonyl (C=O) groups is 1. The lowest BCUT2D eigenvalue weighted by atomic mass is 9.74. The molecular formula is C18H25NO2. The molecule has 0 N–H and O–H groups in total. The monoisotopic (exact) mass is 287 g/mol. The van der Waals surface area contributed by atoms with Crippen LogP contribution in [0.15, 0.2) is 43.0 Å². The van der Waals surface area contributed by atoms with Crippen molar-refractivity contribution < 1.29 is 9.53 Å². The Bertz CT molecular complexity index is 485. The van der Waals surface area contributed by atoms with Crippen LogP contribution in [-0.2, 0) is 15.1 Å². The first-order valence-corrected chi connectivity index (χ1v) is 7.69. The van der Waals surface area contributed by atoms with Crippen molar-refractivity contribution in [1.82, 2.24) is 4.90 Å². The van der Waals surface area contributed by atoms with E-state index in [2.05, 4.69) is 30.7 Å². The van der Waals surface area contributed by atoms with E-state index in [1.165, 1.54) is 0 Å². The zero-order valence-corrected chi connectivity index (χ0v) is 13.0. The third-order valence-corrected chi connectivity index (χ3v) is 4.35. The van der Waals surface area contributed by atoms with Gasteiger partial charge in [-0.2, -0.15) is 0 Å². The first kappa shape index (κ1) is 15.8. The molecule has 1 aliphatic heterocycles. The number of likely N-dealkylation sites (tertiary alicyclic amines) is 1. The quantitative estimate of drug-likeness (QED) is 0.614. The number of allylic oxidation sites excluding steroid dienone is 1. The van der Waals surface area contributed by atoms with Crippen LogP contribution in [0.3, 0.4) is 0 Å². The zero-order valence-electron chi connectivity index (χ0n) is 13.0. The first-order chi connectivity index (χ1) is 10.1. The normalized spacial score (nSPS) is 26.3. The molecule has 1 aliphatic rings. The minimum Gasteiger partial charge on any atom is -0.454 e. The van der Waals surface area contributed by atoms with Crippen LogP contribution >= 0.6 is 0 Å². The van der Waals surface area contributed by atoms with Crippen LogP contribution in [0.1, 0.15) is 31.7 Å². The molecule has 0 spiro atoms. The summed E-state index contributed by atoms with van der Waals surface area (Å²) in [4.78, 5) is 14.3. The van der Waals surface area contributed by atoms with Crippen LogP contribution in [0.25, 0.3) is 0 Å². The number of hydrogen-bond donors (Lipinski definition) is 0. The van der Waals surface area contributed by atoms with Gasteiger partial charge in [-0.15, -0.1) is 6.58 Å². The van der Waals surface area contributed by atoms with Gasteiger partial charge in [-0.25, -0.2) is 0 Å². The van der Waals surface area contributed by atoms with Gasteiger partial charge in [0, 0.05) is 31.8 Å². The predicted molar refractivity (Wildman–Crippen MR) is 84.9 cm³/mol. The van der Waals surface area contributed by atoms with E-state index in [-0.39, 0.29) is 11.9 Å². The van der Waals surface area contributed by atoms with Gasteiger partial charge >= 0.3 is 5.97 Å². The van der Waals surface area contributed by atoms with Gasteiger partial charge in [-0.3, -0.25) is 4.79 Å². The van der Waals surface area contributed by atoms with Crippen LogP contribution in [0.5, 0.6) is 0 Å². The molecule has 3 heteroatoms. The third kappa shape index (κ3) is 3.35. The van der Waals surface area contributed by atoms with Crippen molar-refractivity contribution in [3.8, 4) is 0 Å². The fraction of sp³-hybridized carbons (Fsp3) is 0.500. The van der Waals surface area contributed by atoms with Gasteiger partial charge < -0.3 is 9.64 Å². The summed E-state index contributed by atoms with van der Waals surface area (Å²) in [6.07, 6.45) is 4.01. The first-order valence-electron chi connectivity index (χ1n) is 7.69. The average Bonchev–Trinajstić information content (AvgIpc) is 2.51. The minimum atomic E-state index is -0.519. The fourth-order valence-corrected chi connectivity index (χ4v) is 3.21. The van der Waals surface area contributed by atoms with Crippen molar-refractivity contribution in [3.63, 3.8) is 0 Å². The molecule has 0 bridgehead atoms. The van der Waals surface area contributed by atoms with Crippen molar-refractivity contribution in [1.29, 1.82) is 0 Å². The van der Waals surface area contributed by atoms with Crippen molar-refractivity contribution in [2.75, 3.05) is 20.1 Å². The van der Waals surface area contributed by atoms with E-state index in [4.69, 9.17) is 4.74 Å². The van der Waals surface area contributed by atoms with Crippen molar-refractivity contribution in [3.05, 3.63) is 48.6 Å². The highest BCUT2D eigenvalue weighted by atomic mass is 16.6. The molecule has 3 nitrogen and oxygen atoms in total. The Morgan fingerprint density at radius 2 is 2.19 bits per heavy atom. The molecule has 21 heavy (non-hydrogen) atoms. The smallest absolute Gasteiger partial charge is 0.306 e. The van der Waals surface area contributed by atoms with Crippen LogP contribution in [-0.4, -0.2) is 31.0 Å². The van der Waals surface area contributed by atoms with Crippen molar-refractivity contribution >= 4 is 5.97 Å². The number of nitrogens with zero attached hydrogens (tertiary/aromatic N) is 1. The van der Waals surface area contributed by atoms with Gasteiger partial charge in [0.05, 0.1) is 0 Å². The Hall–Kier alpha value is -1.61. The summed E-state index contributed by atoms with van der Waals surface area (Å²) < 4.78 is 6.01. The summed E-state index contributed by atoms with van der Waals surface area (Å²) in [6.45, 7) is 7.57. The van der Waals surface area contributed by atoms with Gasteiger partial charge in [0.1, 0.15) is 5.60 Å². The number of rotatable bonds is 5. The molecule has 0 aliphatic carbocycles. The van der Waals surface area contributed by atoms with Crippen molar-refractivity contribution in [2.24, 2.45) is 5.92 Å². The lowest BCUT2D eigenvalue weighted by molar-refractivity contribution is -0.175. The van der Waals surface area contributed by atoms with E-state index < -0.39 is 5.60 Å². The number of esters is 1. The molecule has 0 saturated carbocycles. The van der Waals surface area contributed by atoms with Gasteiger partial charge in [-0.05, 0) is 19.0 Å². The topological polar surface area (TPSA) is 29.5 Å². The molecule has 1 saturated heterocycles. The number of hydrogen-bond acceptors (Lipinski definition) is 3. The van der Waals surface area contributed by atoms with Gasteiger partial charge in [0.2, 0.25) is 0 Å². The van der Waals surface area contributed by atoms with Crippen LogP contribution in [0.2, 0.25) is 0 Å². The highest BCUT2D eigenvalue weighted by molar-refractivity contribution is 5.69.